The molecule has 0 radical (unpaired) electrons. The minimum Gasteiger partial charge on any atom is -0.470 e. The number of halogens is 1. The fourth-order valence-electron chi connectivity index (χ4n) is 2.93. The molecule has 2 aromatic rings. The number of sulfonamides is 1. The fraction of sp³-hybridized carbons (Fsp3) is 0.368. The molecule has 0 amide bonds. The molecule has 0 aliphatic carbocycles. The van der Waals surface area contributed by atoms with Gasteiger partial charge < -0.3 is 10.1 Å². The summed E-state index contributed by atoms with van der Waals surface area (Å²) in [6, 6.07) is 16.4. The van der Waals surface area contributed by atoms with E-state index in [1.807, 2.05) is 36.4 Å². The van der Waals surface area contributed by atoms with E-state index >= 15 is 0 Å². The van der Waals surface area contributed by atoms with Crippen molar-refractivity contribution in [3.05, 3.63) is 54.6 Å². The second-order valence-electron chi connectivity index (χ2n) is 6.05. The molecule has 26 heavy (non-hydrogen) atoms. The molecule has 0 saturated heterocycles. The van der Waals surface area contributed by atoms with Crippen molar-refractivity contribution in [3.8, 4) is 5.75 Å². The van der Waals surface area contributed by atoms with E-state index in [9.17, 15) is 8.42 Å². The van der Waals surface area contributed by atoms with Gasteiger partial charge >= 0.3 is 0 Å². The Hall–Kier alpha value is -1.76. The van der Waals surface area contributed by atoms with Crippen molar-refractivity contribution in [3.63, 3.8) is 0 Å². The molecule has 1 heterocycles. The van der Waals surface area contributed by atoms with Gasteiger partial charge in [0.05, 0.1) is 11.4 Å². The smallest absolute Gasteiger partial charge is 0.277 e. The van der Waals surface area contributed by atoms with Crippen LogP contribution >= 0.6 is 12.4 Å². The fourth-order valence-corrected chi connectivity index (χ4v) is 4.70. The summed E-state index contributed by atoms with van der Waals surface area (Å²) < 4.78 is 33.6. The van der Waals surface area contributed by atoms with E-state index in [0.717, 1.165) is 25.9 Å². The topological polar surface area (TPSA) is 58.6 Å². The maximum absolute atomic E-state index is 13.2. The van der Waals surface area contributed by atoms with Crippen molar-refractivity contribution in [2.75, 3.05) is 17.4 Å². The minimum absolute atomic E-state index is 0. The molecule has 0 fully saturated rings. The van der Waals surface area contributed by atoms with Crippen molar-refractivity contribution in [2.45, 2.75) is 31.6 Å². The molecule has 3 rings (SSSR count). The van der Waals surface area contributed by atoms with Gasteiger partial charge in [0.25, 0.3) is 10.0 Å². The Morgan fingerprint density at radius 2 is 1.73 bits per heavy atom. The lowest BCUT2D eigenvalue weighted by molar-refractivity contribution is 0.254. The molecule has 0 spiro atoms. The Labute approximate surface area is 161 Å². The first-order valence-electron chi connectivity index (χ1n) is 8.70. The van der Waals surface area contributed by atoms with E-state index in [0.29, 0.717) is 23.5 Å². The maximum atomic E-state index is 13.2. The number of rotatable bonds is 7. The van der Waals surface area contributed by atoms with Crippen LogP contribution in [-0.4, -0.2) is 26.9 Å². The molecule has 2 aromatic carbocycles. The Bertz CT molecular complexity index is 799. The van der Waals surface area contributed by atoms with Crippen molar-refractivity contribution in [2.24, 2.45) is 0 Å². The average molecular weight is 397 g/mol. The molecule has 0 bridgehead atoms. The summed E-state index contributed by atoms with van der Waals surface area (Å²) in [5.41, 5.74) is 0.326. The van der Waals surface area contributed by atoms with Crippen LogP contribution in [0.15, 0.2) is 54.6 Å². The van der Waals surface area contributed by atoms with Crippen LogP contribution in [-0.2, 0) is 10.0 Å². The van der Waals surface area contributed by atoms with E-state index in [2.05, 4.69) is 12.2 Å². The van der Waals surface area contributed by atoms with Crippen LogP contribution < -0.4 is 14.4 Å². The summed E-state index contributed by atoms with van der Waals surface area (Å²) >= 11 is 0. The molecule has 0 aromatic heterocycles. The van der Waals surface area contributed by atoms with Crippen LogP contribution in [0, 0.1) is 0 Å². The number of ether oxygens (including phenoxy) is 1. The largest absolute Gasteiger partial charge is 0.470 e. The molecule has 142 valence electrons. The van der Waals surface area contributed by atoms with Crippen molar-refractivity contribution < 1.29 is 13.2 Å². The van der Waals surface area contributed by atoms with Crippen LogP contribution in [0.5, 0.6) is 5.75 Å². The SMILES string of the molecule is CCCNCCCC1Oc2ccccc2N(c2ccccc2)S1(=O)=O.Cl. The molecule has 1 atom stereocenters. The number of benzene rings is 2. The number of anilines is 2. The van der Waals surface area contributed by atoms with E-state index in [-0.39, 0.29) is 12.4 Å². The average Bonchev–Trinajstić information content (AvgIpc) is 2.62. The molecular formula is C19H25ClN2O3S. The van der Waals surface area contributed by atoms with Gasteiger partial charge in [0.2, 0.25) is 5.44 Å². The zero-order chi connectivity index (χ0) is 17.7. The summed E-state index contributed by atoms with van der Waals surface area (Å²) in [5.74, 6) is 0.604. The van der Waals surface area contributed by atoms with Crippen LogP contribution in [0.25, 0.3) is 0 Å². The molecule has 1 N–H and O–H groups in total. The normalized spacial score (nSPS) is 17.7. The van der Waals surface area contributed by atoms with Gasteiger partial charge in [0, 0.05) is 6.42 Å². The zero-order valence-electron chi connectivity index (χ0n) is 14.8. The minimum atomic E-state index is -3.64. The van der Waals surface area contributed by atoms with E-state index in [1.165, 1.54) is 4.31 Å². The third-order valence-electron chi connectivity index (χ3n) is 4.14. The third-order valence-corrected chi connectivity index (χ3v) is 6.05. The summed E-state index contributed by atoms with van der Waals surface area (Å²) in [6.07, 6.45) is 2.26. The van der Waals surface area contributed by atoms with Gasteiger partial charge in [-0.3, -0.25) is 0 Å². The monoisotopic (exact) mass is 396 g/mol. The molecule has 0 saturated carbocycles. The quantitative estimate of drug-likeness (QED) is 0.716. The zero-order valence-corrected chi connectivity index (χ0v) is 16.4. The molecule has 1 aliphatic heterocycles. The second-order valence-corrected chi connectivity index (χ2v) is 7.97. The lowest BCUT2D eigenvalue weighted by atomic mass is 10.2. The predicted octanol–water partition coefficient (Wildman–Crippen LogP) is 4.07. The number of nitrogens with zero attached hydrogens (tertiary/aromatic N) is 1. The van der Waals surface area contributed by atoms with Gasteiger partial charge in [-0.25, -0.2) is 12.7 Å². The number of hydrogen-bond donors (Lipinski definition) is 1. The van der Waals surface area contributed by atoms with E-state index < -0.39 is 15.5 Å². The Morgan fingerprint density at radius 3 is 2.46 bits per heavy atom. The first-order valence-corrected chi connectivity index (χ1v) is 10.2. The van der Waals surface area contributed by atoms with Crippen molar-refractivity contribution in [1.82, 2.24) is 5.32 Å². The van der Waals surface area contributed by atoms with Gasteiger partial charge in [-0.1, -0.05) is 37.3 Å². The number of fused-ring (bicyclic) bond motifs is 1. The van der Waals surface area contributed by atoms with Gasteiger partial charge in [-0.15, -0.1) is 12.4 Å². The van der Waals surface area contributed by atoms with Crippen LogP contribution in [0.3, 0.4) is 0 Å². The van der Waals surface area contributed by atoms with Crippen LogP contribution in [0.4, 0.5) is 11.4 Å². The summed E-state index contributed by atoms with van der Waals surface area (Å²) in [4.78, 5) is 0. The Balaban J connectivity index is 0.00000243. The molecule has 7 heteroatoms. The second kappa shape index (κ2) is 9.26. The maximum Gasteiger partial charge on any atom is 0.277 e. The van der Waals surface area contributed by atoms with E-state index in [4.69, 9.17) is 4.74 Å². The lowest BCUT2D eigenvalue weighted by Crippen LogP contribution is -2.43. The standard InChI is InChI=1S/C19H24N2O3S.ClH/c1-2-14-20-15-8-13-19-24-18-12-7-6-11-17(18)21(25(19,22)23)16-9-4-3-5-10-16;/h3-7,9-12,19-20H,2,8,13-15H2,1H3;1H. The summed E-state index contributed by atoms with van der Waals surface area (Å²) in [6.45, 7) is 3.84. The predicted molar refractivity (Wildman–Crippen MR) is 108 cm³/mol. The number of nitrogens with one attached hydrogen (secondary N) is 1. The van der Waals surface area contributed by atoms with Gasteiger partial charge in [0.15, 0.2) is 0 Å². The molecule has 1 unspecified atom stereocenters. The van der Waals surface area contributed by atoms with Gasteiger partial charge in [-0.2, -0.15) is 0 Å². The third kappa shape index (κ3) is 4.31. The highest BCUT2D eigenvalue weighted by molar-refractivity contribution is 7.93. The highest BCUT2D eigenvalue weighted by atomic mass is 35.5. The highest BCUT2D eigenvalue weighted by Gasteiger charge is 2.40. The van der Waals surface area contributed by atoms with Crippen molar-refractivity contribution in [1.29, 1.82) is 0 Å². The van der Waals surface area contributed by atoms with Gasteiger partial charge in [0.1, 0.15) is 5.75 Å². The lowest BCUT2D eigenvalue weighted by Gasteiger charge is -2.35. The number of para-hydroxylation sites is 3. The summed E-state index contributed by atoms with van der Waals surface area (Å²) in [5, 5.41) is 3.30. The Morgan fingerprint density at radius 1 is 1.04 bits per heavy atom. The molecule has 5 nitrogen and oxygen atoms in total. The highest BCUT2D eigenvalue weighted by Crippen LogP contribution is 2.42. The van der Waals surface area contributed by atoms with Gasteiger partial charge in [-0.05, 0) is 50.2 Å². The Kier molecular flexibility index (Phi) is 7.32. The first kappa shape index (κ1) is 20.6. The van der Waals surface area contributed by atoms with E-state index in [1.54, 1.807) is 18.2 Å². The number of hydrogen-bond acceptors (Lipinski definition) is 4. The summed E-state index contributed by atoms with van der Waals surface area (Å²) in [7, 11) is -3.64. The van der Waals surface area contributed by atoms with Crippen molar-refractivity contribution >= 4 is 33.8 Å². The van der Waals surface area contributed by atoms with Crippen LogP contribution in [0.1, 0.15) is 26.2 Å². The molecular weight excluding hydrogens is 372 g/mol. The molecule has 1 aliphatic rings. The first-order chi connectivity index (χ1) is 12.1. The van der Waals surface area contributed by atoms with Crippen LogP contribution in [0.2, 0.25) is 0 Å².